The summed E-state index contributed by atoms with van der Waals surface area (Å²) in [7, 11) is 0. The molecule has 0 aromatic heterocycles. The predicted molar refractivity (Wildman–Crippen MR) is 175 cm³/mol. The smallest absolute Gasteiger partial charge is 0.272 e. The Bertz CT molecular complexity index is 1630. The number of anilines is 2. The van der Waals surface area contributed by atoms with Gasteiger partial charge in [0, 0.05) is 16.1 Å². The molecule has 0 fully saturated rings. The number of ether oxygens (including phenoxy) is 1. The third kappa shape index (κ3) is 8.88. The fourth-order valence-corrected chi connectivity index (χ4v) is 5.12. The Hall–Kier alpha value is -4.24. The number of benzene rings is 4. The molecule has 4 rings (SSSR count). The largest absolute Gasteiger partial charge is 0.492 e. The number of nitrogens with one attached hydrogen (secondary N) is 3. The van der Waals surface area contributed by atoms with Gasteiger partial charge in [0.25, 0.3) is 11.8 Å². The summed E-state index contributed by atoms with van der Waals surface area (Å²) >= 11 is 13.9. The quantitative estimate of drug-likeness (QED) is 0.115. The lowest BCUT2D eigenvalue weighted by Crippen LogP contribution is -2.30. The molecule has 4 aromatic carbocycles. The molecule has 0 spiro atoms. The molecule has 0 aliphatic carbocycles. The lowest BCUT2D eigenvalue weighted by molar-refractivity contribution is -0.115. The summed E-state index contributed by atoms with van der Waals surface area (Å²) in [6, 6.07) is 27.9. The number of para-hydroxylation sites is 2. The zero-order valence-corrected chi connectivity index (χ0v) is 25.7. The van der Waals surface area contributed by atoms with Crippen molar-refractivity contribution in [3.8, 4) is 5.75 Å². The molecular formula is C33H29Cl2N3O4S. The van der Waals surface area contributed by atoms with Crippen molar-refractivity contribution < 1.29 is 19.1 Å². The highest BCUT2D eigenvalue weighted by Crippen LogP contribution is 2.29. The van der Waals surface area contributed by atoms with E-state index in [1.807, 2.05) is 26.0 Å². The van der Waals surface area contributed by atoms with Gasteiger partial charge in [0.2, 0.25) is 5.91 Å². The number of halogens is 2. The van der Waals surface area contributed by atoms with Crippen LogP contribution in [0.15, 0.2) is 108 Å². The van der Waals surface area contributed by atoms with Crippen LogP contribution >= 0.6 is 35.0 Å². The van der Waals surface area contributed by atoms with Crippen LogP contribution in [0, 0.1) is 0 Å². The molecule has 4 aromatic rings. The van der Waals surface area contributed by atoms with Gasteiger partial charge in [-0.2, -0.15) is 0 Å². The topological polar surface area (TPSA) is 96.5 Å². The molecule has 7 nitrogen and oxygen atoms in total. The zero-order valence-electron chi connectivity index (χ0n) is 23.4. The van der Waals surface area contributed by atoms with E-state index in [0.29, 0.717) is 39.9 Å². The van der Waals surface area contributed by atoms with Crippen LogP contribution in [0.4, 0.5) is 11.4 Å². The molecule has 0 saturated heterocycles. The van der Waals surface area contributed by atoms with E-state index in [1.165, 1.54) is 17.8 Å². The Morgan fingerprint density at radius 3 is 2.28 bits per heavy atom. The zero-order chi connectivity index (χ0) is 30.8. The molecule has 0 heterocycles. The van der Waals surface area contributed by atoms with Gasteiger partial charge in [-0.1, -0.05) is 65.7 Å². The van der Waals surface area contributed by atoms with Crippen molar-refractivity contribution in [2.24, 2.45) is 0 Å². The monoisotopic (exact) mass is 633 g/mol. The fourth-order valence-electron chi connectivity index (χ4n) is 3.89. The average molecular weight is 635 g/mol. The van der Waals surface area contributed by atoms with Crippen molar-refractivity contribution in [2.75, 3.05) is 17.2 Å². The Labute approximate surface area is 264 Å². The first-order valence-electron chi connectivity index (χ1n) is 13.4. The summed E-state index contributed by atoms with van der Waals surface area (Å²) in [5.74, 6) is -0.565. The lowest BCUT2D eigenvalue weighted by Gasteiger charge is -2.15. The van der Waals surface area contributed by atoms with E-state index >= 15 is 0 Å². The van der Waals surface area contributed by atoms with Crippen LogP contribution in [0.2, 0.25) is 10.0 Å². The van der Waals surface area contributed by atoms with Gasteiger partial charge in [0.1, 0.15) is 11.4 Å². The minimum atomic E-state index is -0.554. The maximum absolute atomic E-state index is 13.3. The van der Waals surface area contributed by atoms with Crippen LogP contribution in [-0.4, -0.2) is 29.6 Å². The van der Waals surface area contributed by atoms with E-state index < -0.39 is 17.1 Å². The second kappa shape index (κ2) is 15.3. The first-order chi connectivity index (χ1) is 20.7. The molecule has 0 bridgehead atoms. The number of hydrogen-bond acceptors (Lipinski definition) is 5. The van der Waals surface area contributed by atoms with Gasteiger partial charge in [-0.3, -0.25) is 14.4 Å². The van der Waals surface area contributed by atoms with Crippen LogP contribution in [0.25, 0.3) is 6.08 Å². The summed E-state index contributed by atoms with van der Waals surface area (Å²) < 4.78 is 5.59. The molecular weight excluding hydrogens is 605 g/mol. The standard InChI is InChI=1S/C33H29Cl2N3O4S/c1-3-42-29-15-8-7-14-27(29)37-31(39)21(2)43-25-18-16-24(17-19-25)36-33(41)28(20-23-12-9-13-26(34)30(23)35)38-32(40)22-10-5-4-6-11-22/h4-21H,3H2,1-2H3,(H,36,41)(H,37,39)(H,38,40)/b28-20-. The minimum absolute atomic E-state index is 0.0194. The average Bonchev–Trinajstić information content (AvgIpc) is 3.01. The molecule has 3 amide bonds. The Balaban J connectivity index is 1.45. The number of carbonyl (C=O) groups is 3. The van der Waals surface area contributed by atoms with Crippen molar-refractivity contribution in [3.63, 3.8) is 0 Å². The van der Waals surface area contributed by atoms with Crippen LogP contribution in [0.5, 0.6) is 5.75 Å². The molecule has 1 atom stereocenters. The summed E-state index contributed by atoms with van der Waals surface area (Å²) in [5, 5.41) is 8.58. The predicted octanol–water partition coefficient (Wildman–Crippen LogP) is 7.92. The Morgan fingerprint density at radius 1 is 0.860 bits per heavy atom. The minimum Gasteiger partial charge on any atom is -0.492 e. The van der Waals surface area contributed by atoms with Crippen LogP contribution in [-0.2, 0) is 9.59 Å². The number of amides is 3. The van der Waals surface area contributed by atoms with Crippen molar-refractivity contribution in [3.05, 3.63) is 124 Å². The highest BCUT2D eigenvalue weighted by Gasteiger charge is 2.18. The summed E-state index contributed by atoms with van der Waals surface area (Å²) in [5.41, 5.74) is 1.94. The summed E-state index contributed by atoms with van der Waals surface area (Å²) in [6.45, 7) is 4.19. The fraction of sp³-hybridized carbons (Fsp3) is 0.121. The van der Waals surface area contributed by atoms with Gasteiger partial charge in [0.05, 0.1) is 27.6 Å². The van der Waals surface area contributed by atoms with E-state index in [4.69, 9.17) is 27.9 Å². The Morgan fingerprint density at radius 2 is 1.56 bits per heavy atom. The van der Waals surface area contributed by atoms with Gasteiger partial charge in [-0.15, -0.1) is 11.8 Å². The van der Waals surface area contributed by atoms with Crippen molar-refractivity contribution in [1.29, 1.82) is 0 Å². The molecule has 3 N–H and O–H groups in total. The van der Waals surface area contributed by atoms with Crippen LogP contribution in [0.1, 0.15) is 29.8 Å². The SMILES string of the molecule is CCOc1ccccc1NC(=O)C(C)Sc1ccc(NC(=O)/C(=C/c2cccc(Cl)c2Cl)NC(=O)c2ccccc2)cc1. The Kier molecular flexibility index (Phi) is 11.3. The second-order valence-electron chi connectivity index (χ2n) is 9.18. The number of thioether (sulfide) groups is 1. The molecule has 43 heavy (non-hydrogen) atoms. The normalized spacial score (nSPS) is 11.8. The third-order valence-electron chi connectivity index (χ3n) is 6.05. The van der Waals surface area contributed by atoms with E-state index in [-0.39, 0.29) is 16.6 Å². The molecule has 10 heteroatoms. The maximum atomic E-state index is 13.3. The molecule has 0 aliphatic rings. The lowest BCUT2D eigenvalue weighted by atomic mass is 10.1. The van der Waals surface area contributed by atoms with E-state index in [9.17, 15) is 14.4 Å². The van der Waals surface area contributed by atoms with Crippen molar-refractivity contribution in [2.45, 2.75) is 24.0 Å². The van der Waals surface area contributed by atoms with Gasteiger partial charge >= 0.3 is 0 Å². The van der Waals surface area contributed by atoms with Gasteiger partial charge < -0.3 is 20.7 Å². The summed E-state index contributed by atoms with van der Waals surface area (Å²) in [4.78, 5) is 39.9. The van der Waals surface area contributed by atoms with Gasteiger partial charge in [-0.05, 0) is 80.1 Å². The third-order valence-corrected chi connectivity index (χ3v) is 7.99. The van der Waals surface area contributed by atoms with Crippen LogP contribution in [0.3, 0.4) is 0 Å². The second-order valence-corrected chi connectivity index (χ2v) is 11.4. The number of carbonyl (C=O) groups excluding carboxylic acids is 3. The van der Waals surface area contributed by atoms with E-state index in [0.717, 1.165) is 4.90 Å². The van der Waals surface area contributed by atoms with Gasteiger partial charge in [-0.25, -0.2) is 0 Å². The molecule has 0 aliphatic heterocycles. The number of rotatable bonds is 11. The maximum Gasteiger partial charge on any atom is 0.272 e. The van der Waals surface area contributed by atoms with E-state index in [2.05, 4.69) is 16.0 Å². The molecule has 1 unspecified atom stereocenters. The van der Waals surface area contributed by atoms with E-state index in [1.54, 1.807) is 84.9 Å². The van der Waals surface area contributed by atoms with Gasteiger partial charge in [0.15, 0.2) is 0 Å². The molecule has 0 saturated carbocycles. The van der Waals surface area contributed by atoms with Crippen molar-refractivity contribution >= 4 is 70.1 Å². The highest BCUT2D eigenvalue weighted by atomic mass is 35.5. The first-order valence-corrected chi connectivity index (χ1v) is 15.0. The number of hydrogen-bond donors (Lipinski definition) is 3. The molecule has 220 valence electrons. The first kappa shape index (κ1) is 31.7. The summed E-state index contributed by atoms with van der Waals surface area (Å²) in [6.07, 6.45) is 1.47. The van der Waals surface area contributed by atoms with Crippen molar-refractivity contribution in [1.82, 2.24) is 5.32 Å². The highest BCUT2D eigenvalue weighted by molar-refractivity contribution is 8.00. The van der Waals surface area contributed by atoms with Crippen LogP contribution < -0.4 is 20.7 Å². The molecule has 0 radical (unpaired) electrons.